The van der Waals surface area contributed by atoms with E-state index in [9.17, 15) is 19.5 Å². The zero-order valence-electron chi connectivity index (χ0n) is 24.8. The van der Waals surface area contributed by atoms with Gasteiger partial charge in [0.2, 0.25) is 11.8 Å². The number of allylic oxidation sites excluding steroid dienone is 2. The first-order chi connectivity index (χ1) is 22.1. The van der Waals surface area contributed by atoms with Crippen molar-refractivity contribution in [1.29, 1.82) is 0 Å². The molecule has 4 amide bonds. The van der Waals surface area contributed by atoms with Crippen LogP contribution in [-0.2, 0) is 24.6 Å². The summed E-state index contributed by atoms with van der Waals surface area (Å²) in [5, 5.41) is 14.6. The number of benzene rings is 3. The van der Waals surface area contributed by atoms with Gasteiger partial charge in [0.1, 0.15) is 5.75 Å². The number of aromatic hydroxyl groups is 1. The highest BCUT2D eigenvalue weighted by molar-refractivity contribution is 6.36. The van der Waals surface area contributed by atoms with Crippen molar-refractivity contribution >= 4 is 52.5 Å². The van der Waals surface area contributed by atoms with Crippen LogP contribution in [0.4, 0.5) is 5.69 Å². The molecule has 236 valence electrons. The normalized spacial score (nSPS) is 28.2. The number of imide groups is 2. The molecule has 0 radical (unpaired) electrons. The van der Waals surface area contributed by atoms with Gasteiger partial charge in [-0.2, -0.15) is 5.01 Å². The quantitative estimate of drug-likeness (QED) is 0.249. The van der Waals surface area contributed by atoms with Crippen LogP contribution in [0.2, 0.25) is 10.0 Å². The zero-order chi connectivity index (χ0) is 32.5. The number of anilines is 1. The number of methoxy groups -OCH3 is 2. The fraction of sp³-hybridized carbons (Fsp3) is 0.294. The van der Waals surface area contributed by atoms with Crippen molar-refractivity contribution in [2.45, 2.75) is 24.2 Å². The highest BCUT2D eigenvalue weighted by atomic mass is 35.5. The van der Waals surface area contributed by atoms with E-state index in [0.29, 0.717) is 34.0 Å². The highest BCUT2D eigenvalue weighted by Crippen LogP contribution is 2.64. The number of hydrogen-bond donors (Lipinski definition) is 3. The fourth-order valence-electron chi connectivity index (χ4n) is 8.00. The second kappa shape index (κ2) is 11.1. The average molecular weight is 663 g/mol. The molecule has 2 aliphatic carbocycles. The molecule has 0 bridgehead atoms. The van der Waals surface area contributed by atoms with Gasteiger partial charge in [-0.05, 0) is 72.4 Å². The number of nitrogens with one attached hydrogen (secondary N) is 2. The Balaban J connectivity index is 1.48. The van der Waals surface area contributed by atoms with Crippen molar-refractivity contribution < 1.29 is 33.8 Å². The zero-order valence-corrected chi connectivity index (χ0v) is 26.3. The summed E-state index contributed by atoms with van der Waals surface area (Å²) in [7, 11) is 2.96. The number of hydrogen-bond acceptors (Lipinski definition) is 8. The molecule has 3 aromatic carbocycles. The topological polar surface area (TPSA) is 134 Å². The molecule has 4 aliphatic rings. The van der Waals surface area contributed by atoms with Gasteiger partial charge < -0.3 is 14.6 Å². The average Bonchev–Trinajstić information content (AvgIpc) is 3.46. The number of phenols is 1. The third kappa shape index (κ3) is 4.30. The Morgan fingerprint density at radius 1 is 0.935 bits per heavy atom. The minimum absolute atomic E-state index is 0.0957. The number of carbonyl (C=O) groups is 4. The van der Waals surface area contributed by atoms with Gasteiger partial charge in [0.05, 0.1) is 48.1 Å². The Kier molecular flexibility index (Phi) is 7.25. The van der Waals surface area contributed by atoms with Crippen LogP contribution in [0, 0.1) is 23.7 Å². The molecule has 3 fully saturated rings. The minimum Gasteiger partial charge on any atom is -0.504 e. The van der Waals surface area contributed by atoms with Crippen LogP contribution >= 0.6 is 23.2 Å². The predicted molar refractivity (Wildman–Crippen MR) is 168 cm³/mol. The summed E-state index contributed by atoms with van der Waals surface area (Å²) in [6, 6.07) is 16.5. The molecule has 7 rings (SSSR count). The second-order valence-electron chi connectivity index (χ2n) is 12.0. The van der Waals surface area contributed by atoms with Gasteiger partial charge >= 0.3 is 0 Å². The first-order valence-corrected chi connectivity index (χ1v) is 15.5. The standard InChI is InChI=1S/C34H29Cl2N3O7/c1-45-19-7-4-17(5-8-19)34-23(32(43)39(33(34)44)38-25-11-6-18(35)14-24(25)36)15-22-20(9-10-21-28(22)31(42)37-30(21)41)29(34)16-3-12-26(40)27(13-16)46-2/h3-9,11-14,21-23,28-29,38,40H,10,15H2,1-2H3,(H,37,41,42)/t21-,22+,23-,28-,29-,34+/m0/s1. The smallest absolute Gasteiger partial charge is 0.260 e. The number of rotatable bonds is 6. The third-order valence-corrected chi connectivity index (χ3v) is 10.5. The summed E-state index contributed by atoms with van der Waals surface area (Å²) in [6.45, 7) is 0. The SMILES string of the molecule is COc1ccc([C@@]23C(=O)N(Nc4ccc(Cl)cc4Cl)C(=O)[C@@H]2C[C@@H]2C(=CC[C@@H]4C(=O)NC(=O)[C@@H]42)[C@@H]3c2ccc(O)c(OC)c2)cc1. The van der Waals surface area contributed by atoms with Crippen molar-refractivity contribution in [3.05, 3.63) is 93.5 Å². The van der Waals surface area contributed by atoms with Crippen LogP contribution in [0.3, 0.4) is 0 Å². The minimum atomic E-state index is -1.51. The maximum atomic E-state index is 15.1. The Morgan fingerprint density at radius 2 is 1.70 bits per heavy atom. The molecule has 2 heterocycles. The monoisotopic (exact) mass is 661 g/mol. The van der Waals surface area contributed by atoms with E-state index >= 15 is 4.79 Å². The number of fused-ring (bicyclic) bond motifs is 4. The number of ether oxygens (including phenoxy) is 2. The van der Waals surface area contributed by atoms with Gasteiger partial charge in [0.25, 0.3) is 11.8 Å². The summed E-state index contributed by atoms with van der Waals surface area (Å²) in [4.78, 5) is 55.8. The maximum absolute atomic E-state index is 15.1. The van der Waals surface area contributed by atoms with E-state index in [1.807, 2.05) is 6.08 Å². The van der Waals surface area contributed by atoms with Crippen LogP contribution in [0.15, 0.2) is 72.3 Å². The fourth-order valence-corrected chi connectivity index (χ4v) is 8.45. The van der Waals surface area contributed by atoms with E-state index in [1.54, 1.807) is 48.5 Å². The lowest BCUT2D eigenvalue weighted by Crippen LogP contribution is -2.53. The number of halogens is 2. The maximum Gasteiger partial charge on any atom is 0.260 e. The van der Waals surface area contributed by atoms with Crippen LogP contribution in [0.25, 0.3) is 0 Å². The number of carbonyl (C=O) groups excluding carboxylic acids is 4. The Hall–Kier alpha value is -4.54. The Labute approximate surface area is 274 Å². The van der Waals surface area contributed by atoms with Crippen LogP contribution in [0.5, 0.6) is 17.2 Å². The molecule has 12 heteroatoms. The lowest BCUT2D eigenvalue weighted by molar-refractivity contribution is -0.138. The molecule has 0 unspecified atom stereocenters. The van der Waals surface area contributed by atoms with E-state index in [-0.39, 0.29) is 34.8 Å². The molecule has 3 N–H and O–H groups in total. The Bertz CT molecular complexity index is 1840. The van der Waals surface area contributed by atoms with E-state index in [1.165, 1.54) is 26.4 Å². The van der Waals surface area contributed by atoms with Gasteiger partial charge in [0.15, 0.2) is 11.5 Å². The second-order valence-corrected chi connectivity index (χ2v) is 12.8. The molecule has 2 aliphatic heterocycles. The van der Waals surface area contributed by atoms with Gasteiger partial charge in [-0.25, -0.2) is 0 Å². The number of amides is 4. The molecule has 3 aromatic rings. The van der Waals surface area contributed by atoms with Gasteiger partial charge in [-0.15, -0.1) is 0 Å². The summed E-state index contributed by atoms with van der Waals surface area (Å²) >= 11 is 12.6. The van der Waals surface area contributed by atoms with Crippen LogP contribution in [-0.4, -0.2) is 48.0 Å². The summed E-state index contributed by atoms with van der Waals surface area (Å²) in [5.74, 6) is -4.62. The third-order valence-electron chi connectivity index (χ3n) is 9.96. The van der Waals surface area contributed by atoms with Crippen molar-refractivity contribution in [1.82, 2.24) is 10.3 Å². The summed E-state index contributed by atoms with van der Waals surface area (Å²) < 4.78 is 10.9. The highest BCUT2D eigenvalue weighted by Gasteiger charge is 2.70. The largest absolute Gasteiger partial charge is 0.504 e. The molecule has 1 saturated carbocycles. The first kappa shape index (κ1) is 30.1. The van der Waals surface area contributed by atoms with Crippen molar-refractivity contribution in [3.63, 3.8) is 0 Å². The van der Waals surface area contributed by atoms with E-state index in [0.717, 1.165) is 10.6 Å². The van der Waals surface area contributed by atoms with E-state index in [2.05, 4.69) is 10.7 Å². The van der Waals surface area contributed by atoms with Crippen molar-refractivity contribution in [2.24, 2.45) is 23.7 Å². The van der Waals surface area contributed by atoms with Gasteiger partial charge in [-0.1, -0.05) is 53.1 Å². The van der Waals surface area contributed by atoms with Gasteiger partial charge in [0, 0.05) is 10.9 Å². The molecule has 0 aromatic heterocycles. The van der Waals surface area contributed by atoms with Crippen LogP contribution in [0.1, 0.15) is 29.9 Å². The number of phenolic OH excluding ortho intramolecular Hbond substituents is 1. The van der Waals surface area contributed by atoms with Crippen molar-refractivity contribution in [2.75, 3.05) is 19.6 Å². The number of hydrazine groups is 1. The molecule has 6 atom stereocenters. The summed E-state index contributed by atoms with van der Waals surface area (Å²) in [5.41, 5.74) is 3.69. The molecule has 46 heavy (non-hydrogen) atoms. The predicted octanol–water partition coefficient (Wildman–Crippen LogP) is 4.99. The van der Waals surface area contributed by atoms with Gasteiger partial charge in [-0.3, -0.25) is 29.9 Å². The lowest BCUT2D eigenvalue weighted by atomic mass is 9.49. The number of nitrogens with zero attached hydrogens (tertiary/aromatic N) is 1. The molecule has 2 saturated heterocycles. The first-order valence-electron chi connectivity index (χ1n) is 14.8. The summed E-state index contributed by atoms with van der Waals surface area (Å²) in [6.07, 6.45) is 2.38. The lowest BCUT2D eigenvalue weighted by Gasteiger charge is -2.50. The Morgan fingerprint density at radius 3 is 2.39 bits per heavy atom. The van der Waals surface area contributed by atoms with E-state index in [4.69, 9.17) is 32.7 Å². The molecular weight excluding hydrogens is 633 g/mol. The van der Waals surface area contributed by atoms with Crippen molar-refractivity contribution in [3.8, 4) is 17.2 Å². The van der Waals surface area contributed by atoms with Crippen LogP contribution < -0.4 is 20.2 Å². The molecule has 0 spiro atoms. The molecular formula is C34H29Cl2N3O7. The van der Waals surface area contributed by atoms with E-state index < -0.39 is 46.8 Å². The molecule has 10 nitrogen and oxygen atoms in total.